The summed E-state index contributed by atoms with van der Waals surface area (Å²) in [6.45, 7) is 2.39. The van der Waals surface area contributed by atoms with Crippen molar-refractivity contribution < 1.29 is 4.79 Å². The SMILES string of the molecule is O=C(CC1CCCN(c2cnn(CC3CC3)c(=O)c2)C1)Nc1ccc(Cl)cc1. The fraction of sp³-hybridized carbons (Fsp3) is 0.476. The molecule has 1 atom stereocenters. The van der Waals surface area contributed by atoms with Crippen LogP contribution < -0.4 is 15.8 Å². The second-order valence-electron chi connectivity index (χ2n) is 7.89. The van der Waals surface area contributed by atoms with E-state index in [1.807, 2.05) is 0 Å². The van der Waals surface area contributed by atoms with Gasteiger partial charge >= 0.3 is 0 Å². The normalized spacial score (nSPS) is 19.5. The number of anilines is 2. The summed E-state index contributed by atoms with van der Waals surface area (Å²) in [5, 5.41) is 7.93. The Labute approximate surface area is 169 Å². The van der Waals surface area contributed by atoms with Crippen molar-refractivity contribution in [3.63, 3.8) is 0 Å². The van der Waals surface area contributed by atoms with Crippen molar-refractivity contribution in [2.24, 2.45) is 11.8 Å². The summed E-state index contributed by atoms with van der Waals surface area (Å²) in [6.07, 6.45) is 6.66. The van der Waals surface area contributed by atoms with Crippen LogP contribution in [0.3, 0.4) is 0 Å². The first-order valence-corrected chi connectivity index (χ1v) is 10.3. The van der Waals surface area contributed by atoms with Crippen LogP contribution >= 0.6 is 11.6 Å². The maximum atomic E-state index is 12.4. The summed E-state index contributed by atoms with van der Waals surface area (Å²) in [6, 6.07) is 8.81. The lowest BCUT2D eigenvalue weighted by atomic mass is 9.94. The fourth-order valence-electron chi connectivity index (χ4n) is 3.75. The maximum Gasteiger partial charge on any atom is 0.268 e. The Morgan fingerprint density at radius 1 is 1.18 bits per heavy atom. The van der Waals surface area contributed by atoms with Crippen LogP contribution in [-0.2, 0) is 11.3 Å². The first-order valence-electron chi connectivity index (χ1n) is 9.94. The molecule has 148 valence electrons. The predicted octanol–water partition coefficient (Wildman–Crippen LogP) is 3.55. The van der Waals surface area contributed by atoms with Gasteiger partial charge in [-0.3, -0.25) is 9.59 Å². The van der Waals surface area contributed by atoms with Crippen LogP contribution in [0.15, 0.2) is 41.3 Å². The average molecular weight is 401 g/mol. The van der Waals surface area contributed by atoms with E-state index in [1.54, 1.807) is 41.2 Å². The number of rotatable bonds is 6. The molecule has 1 aromatic heterocycles. The summed E-state index contributed by atoms with van der Waals surface area (Å²) >= 11 is 5.88. The first-order chi connectivity index (χ1) is 13.6. The molecular formula is C21H25ClN4O2. The van der Waals surface area contributed by atoms with Crippen molar-refractivity contribution in [2.75, 3.05) is 23.3 Å². The third-order valence-electron chi connectivity index (χ3n) is 5.47. The number of nitrogens with zero attached hydrogens (tertiary/aromatic N) is 3. The molecule has 1 N–H and O–H groups in total. The van der Waals surface area contributed by atoms with E-state index in [0.29, 0.717) is 17.4 Å². The van der Waals surface area contributed by atoms with Crippen molar-refractivity contribution in [1.82, 2.24) is 9.78 Å². The number of piperidine rings is 1. The number of aromatic nitrogens is 2. The van der Waals surface area contributed by atoms with Crippen LogP contribution in [0.2, 0.25) is 5.02 Å². The van der Waals surface area contributed by atoms with Crippen LogP contribution in [0.1, 0.15) is 32.1 Å². The Morgan fingerprint density at radius 2 is 1.96 bits per heavy atom. The Kier molecular flexibility index (Phi) is 5.67. The average Bonchev–Trinajstić information content (AvgIpc) is 3.49. The molecule has 1 aliphatic heterocycles. The lowest BCUT2D eigenvalue weighted by molar-refractivity contribution is -0.117. The largest absolute Gasteiger partial charge is 0.370 e. The Morgan fingerprint density at radius 3 is 2.68 bits per heavy atom. The summed E-state index contributed by atoms with van der Waals surface area (Å²) in [5.41, 5.74) is 1.58. The summed E-state index contributed by atoms with van der Waals surface area (Å²) in [4.78, 5) is 26.9. The Balaban J connectivity index is 1.34. The number of carbonyl (C=O) groups excluding carboxylic acids is 1. The smallest absolute Gasteiger partial charge is 0.268 e. The minimum absolute atomic E-state index is 0.00662. The zero-order valence-corrected chi connectivity index (χ0v) is 16.6. The van der Waals surface area contributed by atoms with E-state index in [1.165, 1.54) is 12.8 Å². The topological polar surface area (TPSA) is 67.2 Å². The lowest BCUT2D eigenvalue weighted by Crippen LogP contribution is -2.38. The van der Waals surface area contributed by atoms with Crippen molar-refractivity contribution in [3.8, 4) is 0 Å². The number of benzene rings is 1. The molecule has 2 aromatic rings. The highest BCUT2D eigenvalue weighted by Gasteiger charge is 2.25. The highest BCUT2D eigenvalue weighted by molar-refractivity contribution is 6.30. The first kappa shape index (κ1) is 19.0. The van der Waals surface area contributed by atoms with Gasteiger partial charge in [-0.1, -0.05) is 11.6 Å². The van der Waals surface area contributed by atoms with Gasteiger partial charge in [0, 0.05) is 42.8 Å². The zero-order valence-electron chi connectivity index (χ0n) is 15.8. The van der Waals surface area contributed by atoms with Gasteiger partial charge in [-0.05, 0) is 61.8 Å². The van der Waals surface area contributed by atoms with E-state index >= 15 is 0 Å². The van der Waals surface area contributed by atoms with E-state index in [2.05, 4.69) is 15.3 Å². The summed E-state index contributed by atoms with van der Waals surface area (Å²) < 4.78 is 1.57. The quantitative estimate of drug-likeness (QED) is 0.805. The minimum Gasteiger partial charge on any atom is -0.370 e. The second kappa shape index (κ2) is 8.35. The van der Waals surface area contributed by atoms with Gasteiger partial charge in [-0.15, -0.1) is 0 Å². The van der Waals surface area contributed by atoms with Gasteiger partial charge in [0.2, 0.25) is 5.91 Å². The summed E-state index contributed by atoms with van der Waals surface area (Å²) in [7, 11) is 0. The van der Waals surface area contributed by atoms with Gasteiger partial charge in [0.05, 0.1) is 11.9 Å². The summed E-state index contributed by atoms with van der Waals surface area (Å²) in [5.74, 6) is 0.886. The van der Waals surface area contributed by atoms with E-state index in [4.69, 9.17) is 11.6 Å². The maximum absolute atomic E-state index is 12.4. The third kappa shape index (κ3) is 4.93. The third-order valence-corrected chi connectivity index (χ3v) is 5.72. The second-order valence-corrected chi connectivity index (χ2v) is 8.33. The van der Waals surface area contributed by atoms with Gasteiger partial charge < -0.3 is 10.2 Å². The fourth-order valence-corrected chi connectivity index (χ4v) is 3.88. The van der Waals surface area contributed by atoms with Crippen LogP contribution in [0.4, 0.5) is 11.4 Å². The van der Waals surface area contributed by atoms with E-state index in [-0.39, 0.29) is 17.4 Å². The van der Waals surface area contributed by atoms with Gasteiger partial charge in [0.25, 0.3) is 5.56 Å². The molecule has 2 aliphatic rings. The number of amides is 1. The molecule has 1 amide bonds. The molecule has 0 bridgehead atoms. The molecule has 1 saturated heterocycles. The highest BCUT2D eigenvalue weighted by atomic mass is 35.5. The Bertz CT molecular complexity index is 892. The molecule has 2 fully saturated rings. The van der Waals surface area contributed by atoms with Crippen LogP contribution in [0.5, 0.6) is 0 Å². The zero-order chi connectivity index (χ0) is 19.5. The van der Waals surface area contributed by atoms with Crippen molar-refractivity contribution >= 4 is 28.9 Å². The highest BCUT2D eigenvalue weighted by Crippen LogP contribution is 2.30. The van der Waals surface area contributed by atoms with Crippen molar-refractivity contribution in [1.29, 1.82) is 0 Å². The monoisotopic (exact) mass is 400 g/mol. The Hall–Kier alpha value is -2.34. The number of halogens is 1. The number of carbonyl (C=O) groups is 1. The van der Waals surface area contributed by atoms with Gasteiger partial charge in [-0.2, -0.15) is 5.10 Å². The number of hydrogen-bond acceptors (Lipinski definition) is 4. The van der Waals surface area contributed by atoms with Crippen LogP contribution in [0, 0.1) is 11.8 Å². The van der Waals surface area contributed by atoms with E-state index < -0.39 is 0 Å². The van der Waals surface area contributed by atoms with Crippen molar-refractivity contribution in [2.45, 2.75) is 38.6 Å². The molecule has 7 heteroatoms. The van der Waals surface area contributed by atoms with Crippen molar-refractivity contribution in [3.05, 3.63) is 51.9 Å². The molecule has 2 heterocycles. The van der Waals surface area contributed by atoms with E-state index in [0.717, 1.165) is 43.9 Å². The van der Waals surface area contributed by atoms with Gasteiger partial charge in [0.1, 0.15) is 0 Å². The molecule has 1 aliphatic carbocycles. The molecule has 0 spiro atoms. The number of hydrogen-bond donors (Lipinski definition) is 1. The standard InChI is InChI=1S/C21H25ClN4O2/c22-17-5-7-18(8-6-17)24-20(27)10-16-2-1-9-25(13-16)19-11-21(28)26(23-12-19)14-15-3-4-15/h5-8,11-12,15-16H,1-4,9-10,13-14H2,(H,24,27). The van der Waals surface area contributed by atoms with E-state index in [9.17, 15) is 9.59 Å². The van der Waals surface area contributed by atoms with Crippen LogP contribution in [0.25, 0.3) is 0 Å². The van der Waals surface area contributed by atoms with Gasteiger partial charge in [-0.25, -0.2) is 4.68 Å². The molecule has 1 unspecified atom stereocenters. The molecule has 4 rings (SSSR count). The number of nitrogens with one attached hydrogen (secondary N) is 1. The molecule has 28 heavy (non-hydrogen) atoms. The van der Waals surface area contributed by atoms with Crippen LogP contribution in [-0.4, -0.2) is 28.8 Å². The molecular weight excluding hydrogens is 376 g/mol. The lowest BCUT2D eigenvalue weighted by Gasteiger charge is -2.34. The minimum atomic E-state index is -0.0352. The molecule has 0 radical (unpaired) electrons. The predicted molar refractivity (Wildman–Crippen MR) is 111 cm³/mol. The molecule has 1 saturated carbocycles. The molecule has 6 nitrogen and oxygen atoms in total. The molecule has 1 aromatic carbocycles. The van der Waals surface area contributed by atoms with Gasteiger partial charge in [0.15, 0.2) is 0 Å².